The molecular weight excluding hydrogens is 224 g/mol. The first-order chi connectivity index (χ1) is 8.56. The lowest BCUT2D eigenvalue weighted by atomic mass is 9.98. The molecule has 0 spiro atoms. The molecule has 0 aromatic carbocycles. The molecule has 0 bridgehead atoms. The van der Waals surface area contributed by atoms with Gasteiger partial charge in [-0.15, -0.1) is 0 Å². The van der Waals surface area contributed by atoms with Gasteiger partial charge in [-0.05, 0) is 31.7 Å². The van der Waals surface area contributed by atoms with Crippen LogP contribution in [0.2, 0.25) is 0 Å². The number of nitrogens with zero attached hydrogens (tertiary/aromatic N) is 4. The van der Waals surface area contributed by atoms with E-state index in [-0.39, 0.29) is 0 Å². The van der Waals surface area contributed by atoms with Gasteiger partial charge >= 0.3 is 0 Å². The van der Waals surface area contributed by atoms with Gasteiger partial charge in [0, 0.05) is 51.0 Å². The van der Waals surface area contributed by atoms with Crippen molar-refractivity contribution in [1.29, 1.82) is 0 Å². The molecule has 2 aliphatic rings. The Kier molecular flexibility index (Phi) is 2.77. The zero-order chi connectivity index (χ0) is 12.9. The number of fused-ring (bicyclic) bond motifs is 3. The number of hydrogen-bond donors (Lipinski definition) is 0. The second kappa shape index (κ2) is 4.19. The summed E-state index contributed by atoms with van der Waals surface area (Å²) >= 11 is 0. The zero-order valence-corrected chi connectivity index (χ0v) is 11.7. The molecule has 0 amide bonds. The Morgan fingerprint density at radius 3 is 2.78 bits per heavy atom. The molecule has 3 rings (SSSR count). The van der Waals surface area contributed by atoms with E-state index in [0.29, 0.717) is 12.0 Å². The van der Waals surface area contributed by atoms with Crippen molar-refractivity contribution in [3.05, 3.63) is 17.5 Å². The maximum absolute atomic E-state index is 4.70. The van der Waals surface area contributed by atoms with Gasteiger partial charge in [0.15, 0.2) is 0 Å². The molecule has 1 fully saturated rings. The summed E-state index contributed by atoms with van der Waals surface area (Å²) < 4.78 is 0. The van der Waals surface area contributed by atoms with E-state index in [2.05, 4.69) is 29.9 Å². The molecule has 1 aromatic rings. The van der Waals surface area contributed by atoms with E-state index in [1.165, 1.54) is 24.3 Å². The van der Waals surface area contributed by atoms with Gasteiger partial charge in [0.1, 0.15) is 0 Å². The van der Waals surface area contributed by atoms with Crippen molar-refractivity contribution >= 4 is 5.95 Å². The Hall–Kier alpha value is -1.16. The molecule has 1 aliphatic heterocycles. The van der Waals surface area contributed by atoms with Gasteiger partial charge in [-0.3, -0.25) is 0 Å². The third-order valence-corrected chi connectivity index (χ3v) is 4.34. The van der Waals surface area contributed by atoms with Gasteiger partial charge in [-0.25, -0.2) is 9.97 Å². The topological polar surface area (TPSA) is 32.3 Å². The van der Waals surface area contributed by atoms with Gasteiger partial charge in [0.25, 0.3) is 0 Å². The molecule has 0 saturated carbocycles. The van der Waals surface area contributed by atoms with E-state index in [1.54, 1.807) is 0 Å². The van der Waals surface area contributed by atoms with Crippen molar-refractivity contribution in [3.8, 4) is 0 Å². The molecule has 0 N–H and O–H groups in total. The molecule has 0 unspecified atom stereocenters. The normalized spacial score (nSPS) is 26.5. The SMILES string of the molecule is CC(C)N1C[C@H]2Cc3nc(N(C)C)ncc3[C@H]2C1. The van der Waals surface area contributed by atoms with E-state index >= 15 is 0 Å². The minimum absolute atomic E-state index is 0.654. The summed E-state index contributed by atoms with van der Waals surface area (Å²) in [6.45, 7) is 6.97. The predicted octanol–water partition coefficient (Wildman–Crippen LogP) is 1.52. The van der Waals surface area contributed by atoms with E-state index in [4.69, 9.17) is 4.98 Å². The molecule has 18 heavy (non-hydrogen) atoms. The van der Waals surface area contributed by atoms with Crippen LogP contribution in [-0.4, -0.2) is 48.1 Å². The fourth-order valence-electron chi connectivity index (χ4n) is 3.24. The quantitative estimate of drug-likeness (QED) is 0.792. The zero-order valence-electron chi connectivity index (χ0n) is 11.7. The van der Waals surface area contributed by atoms with Crippen LogP contribution in [-0.2, 0) is 6.42 Å². The summed E-state index contributed by atoms with van der Waals surface area (Å²) in [5, 5.41) is 0. The lowest BCUT2D eigenvalue weighted by molar-refractivity contribution is 0.262. The van der Waals surface area contributed by atoms with Gasteiger partial charge in [-0.1, -0.05) is 0 Å². The molecule has 1 aromatic heterocycles. The Labute approximate surface area is 109 Å². The van der Waals surface area contributed by atoms with Crippen LogP contribution < -0.4 is 4.90 Å². The lowest BCUT2D eigenvalue weighted by Gasteiger charge is -2.21. The van der Waals surface area contributed by atoms with Gasteiger partial charge in [0.05, 0.1) is 0 Å². The summed E-state index contributed by atoms with van der Waals surface area (Å²) in [7, 11) is 4.00. The molecule has 4 nitrogen and oxygen atoms in total. The van der Waals surface area contributed by atoms with Crippen LogP contribution in [0.5, 0.6) is 0 Å². The van der Waals surface area contributed by atoms with Crippen LogP contribution in [0.4, 0.5) is 5.95 Å². The molecule has 1 saturated heterocycles. The van der Waals surface area contributed by atoms with Crippen LogP contribution in [0, 0.1) is 5.92 Å². The largest absolute Gasteiger partial charge is 0.347 e. The van der Waals surface area contributed by atoms with Crippen molar-refractivity contribution in [2.75, 3.05) is 32.1 Å². The molecule has 2 heterocycles. The highest BCUT2D eigenvalue weighted by atomic mass is 15.2. The minimum atomic E-state index is 0.654. The Morgan fingerprint density at radius 1 is 1.33 bits per heavy atom. The Balaban J connectivity index is 1.86. The molecular formula is C14H22N4. The number of hydrogen-bond acceptors (Lipinski definition) is 4. The highest BCUT2D eigenvalue weighted by molar-refractivity contribution is 5.37. The van der Waals surface area contributed by atoms with Gasteiger partial charge in [-0.2, -0.15) is 0 Å². The molecule has 2 atom stereocenters. The van der Waals surface area contributed by atoms with E-state index < -0.39 is 0 Å². The standard InChI is InChI=1S/C14H22N4/c1-9(2)18-7-10-5-13-11(12(10)8-18)6-15-14(16-13)17(3)4/h6,9-10,12H,5,7-8H2,1-4H3/t10-,12+/m1/s1. The molecule has 1 aliphatic carbocycles. The maximum atomic E-state index is 4.70. The Bertz CT molecular complexity index is 455. The summed E-state index contributed by atoms with van der Waals surface area (Å²) in [6, 6.07) is 0.654. The third kappa shape index (κ3) is 1.79. The molecule has 0 radical (unpaired) electrons. The van der Waals surface area contributed by atoms with Crippen LogP contribution in [0.3, 0.4) is 0 Å². The van der Waals surface area contributed by atoms with E-state index in [1.807, 2.05) is 19.0 Å². The first-order valence-electron chi connectivity index (χ1n) is 6.83. The number of anilines is 1. The van der Waals surface area contributed by atoms with Gasteiger partial charge < -0.3 is 9.80 Å². The summed E-state index contributed by atoms with van der Waals surface area (Å²) in [6.07, 6.45) is 3.19. The average molecular weight is 246 g/mol. The summed E-state index contributed by atoms with van der Waals surface area (Å²) in [4.78, 5) is 13.7. The van der Waals surface area contributed by atoms with Crippen LogP contribution in [0.15, 0.2) is 6.20 Å². The average Bonchev–Trinajstić information content (AvgIpc) is 2.84. The summed E-state index contributed by atoms with van der Waals surface area (Å²) in [5.74, 6) is 2.27. The first-order valence-corrected chi connectivity index (χ1v) is 6.83. The number of aromatic nitrogens is 2. The monoisotopic (exact) mass is 246 g/mol. The second-order valence-corrected chi connectivity index (χ2v) is 6.08. The molecule has 4 heteroatoms. The minimum Gasteiger partial charge on any atom is -0.347 e. The first kappa shape index (κ1) is 11.9. The lowest BCUT2D eigenvalue weighted by Crippen LogP contribution is -2.29. The van der Waals surface area contributed by atoms with Crippen molar-refractivity contribution in [3.63, 3.8) is 0 Å². The predicted molar refractivity (Wildman–Crippen MR) is 73.0 cm³/mol. The van der Waals surface area contributed by atoms with Crippen LogP contribution >= 0.6 is 0 Å². The van der Waals surface area contributed by atoms with Gasteiger partial charge in [0.2, 0.25) is 5.95 Å². The van der Waals surface area contributed by atoms with Crippen molar-refractivity contribution in [2.24, 2.45) is 5.92 Å². The van der Waals surface area contributed by atoms with Crippen LogP contribution in [0.1, 0.15) is 31.0 Å². The molecule has 98 valence electrons. The maximum Gasteiger partial charge on any atom is 0.224 e. The highest BCUT2D eigenvalue weighted by Gasteiger charge is 2.41. The van der Waals surface area contributed by atoms with E-state index in [9.17, 15) is 0 Å². The Morgan fingerprint density at radius 2 is 2.11 bits per heavy atom. The van der Waals surface area contributed by atoms with Crippen LogP contribution in [0.25, 0.3) is 0 Å². The number of rotatable bonds is 2. The second-order valence-electron chi connectivity index (χ2n) is 6.08. The van der Waals surface area contributed by atoms with E-state index in [0.717, 1.165) is 18.3 Å². The van der Waals surface area contributed by atoms with Crippen molar-refractivity contribution in [2.45, 2.75) is 32.2 Å². The fourth-order valence-corrected chi connectivity index (χ4v) is 3.24. The summed E-state index contributed by atoms with van der Waals surface area (Å²) in [5.41, 5.74) is 2.68. The fraction of sp³-hybridized carbons (Fsp3) is 0.714. The number of likely N-dealkylation sites (tertiary alicyclic amines) is 1. The smallest absolute Gasteiger partial charge is 0.224 e. The highest BCUT2D eigenvalue weighted by Crippen LogP contribution is 2.42. The van der Waals surface area contributed by atoms with Crippen molar-refractivity contribution < 1.29 is 0 Å². The van der Waals surface area contributed by atoms with Crippen molar-refractivity contribution in [1.82, 2.24) is 14.9 Å². The third-order valence-electron chi connectivity index (χ3n) is 4.34.